The highest BCUT2D eigenvalue weighted by atomic mass is 79.9. The topological polar surface area (TPSA) is 151 Å². The number of alkyl halides is 1. The molecule has 1 fully saturated rings. The Morgan fingerprint density at radius 1 is 1.11 bits per heavy atom. The molecule has 1 heterocycles. The maximum atomic E-state index is 13.1. The minimum Gasteiger partial charge on any atom is -0.509 e. The molecular formula is C25H32BrN3O8S. The van der Waals surface area contributed by atoms with Crippen LogP contribution in [-0.4, -0.2) is 67.4 Å². The largest absolute Gasteiger partial charge is 0.509 e. The van der Waals surface area contributed by atoms with Crippen LogP contribution in [0.25, 0.3) is 0 Å². The number of anilines is 1. The number of aliphatic hydroxyl groups is 1. The van der Waals surface area contributed by atoms with Crippen molar-refractivity contribution in [1.82, 2.24) is 10.2 Å². The van der Waals surface area contributed by atoms with Crippen LogP contribution in [0.5, 0.6) is 0 Å². The Hall–Kier alpha value is -3.06. The lowest BCUT2D eigenvalue weighted by Gasteiger charge is -2.46. The lowest BCUT2D eigenvalue weighted by Crippen LogP contribution is -2.69. The zero-order valence-electron chi connectivity index (χ0n) is 22.0. The number of benzene rings is 1. The fourth-order valence-electron chi connectivity index (χ4n) is 3.38. The number of thioether (sulfide) groups is 1. The molecule has 1 saturated heterocycles. The fourth-order valence-corrected chi connectivity index (χ4v) is 4.44. The minimum atomic E-state index is -1.15. The van der Waals surface area contributed by atoms with E-state index in [0.717, 1.165) is 4.90 Å². The second-order valence-corrected chi connectivity index (χ2v) is 11.8. The molecule has 38 heavy (non-hydrogen) atoms. The molecule has 0 aliphatic carbocycles. The van der Waals surface area contributed by atoms with E-state index in [1.807, 2.05) is 0 Å². The van der Waals surface area contributed by atoms with Crippen LogP contribution in [0.3, 0.4) is 0 Å². The number of likely N-dealkylation sites (tertiary alicyclic amines) is 1. The molecule has 0 spiro atoms. The Bertz CT molecular complexity index is 1130. The van der Waals surface area contributed by atoms with E-state index in [9.17, 15) is 29.1 Å². The van der Waals surface area contributed by atoms with E-state index in [1.54, 1.807) is 65.8 Å². The van der Waals surface area contributed by atoms with Gasteiger partial charge in [-0.1, -0.05) is 45.9 Å². The van der Waals surface area contributed by atoms with Gasteiger partial charge >= 0.3 is 12.1 Å². The summed E-state index contributed by atoms with van der Waals surface area (Å²) in [7, 11) is 0. The molecule has 208 valence electrons. The van der Waals surface area contributed by atoms with Crippen LogP contribution >= 0.6 is 27.7 Å². The van der Waals surface area contributed by atoms with Crippen LogP contribution < -0.4 is 10.6 Å². The van der Waals surface area contributed by atoms with Crippen molar-refractivity contribution >= 4 is 62.9 Å². The summed E-state index contributed by atoms with van der Waals surface area (Å²) < 4.78 is 10.6. The summed E-state index contributed by atoms with van der Waals surface area (Å²) in [6.45, 7) is 10.0. The molecule has 2 unspecified atom stereocenters. The van der Waals surface area contributed by atoms with Gasteiger partial charge in [0, 0.05) is 5.69 Å². The van der Waals surface area contributed by atoms with E-state index in [1.165, 1.54) is 0 Å². The number of carbonyl (C=O) groups excluding carboxylic acids is 5. The number of rotatable bonds is 9. The number of esters is 1. The third kappa shape index (κ3) is 8.48. The van der Waals surface area contributed by atoms with Crippen molar-refractivity contribution < 1.29 is 38.6 Å². The van der Waals surface area contributed by atoms with Gasteiger partial charge in [-0.3, -0.25) is 24.6 Å². The predicted octanol–water partition coefficient (Wildman–Crippen LogP) is 3.66. The van der Waals surface area contributed by atoms with Gasteiger partial charge in [-0.25, -0.2) is 9.59 Å². The number of aliphatic hydroxyl groups excluding tert-OH is 1. The van der Waals surface area contributed by atoms with Crippen LogP contribution in [0.15, 0.2) is 35.7 Å². The minimum absolute atomic E-state index is 0.151. The first-order valence-electron chi connectivity index (χ1n) is 11.6. The highest BCUT2D eigenvalue weighted by Crippen LogP contribution is 2.35. The van der Waals surface area contributed by atoms with Gasteiger partial charge in [-0.2, -0.15) is 0 Å². The molecule has 1 aliphatic heterocycles. The van der Waals surface area contributed by atoms with Crippen molar-refractivity contribution in [2.45, 2.75) is 70.6 Å². The van der Waals surface area contributed by atoms with Crippen LogP contribution in [0, 0.1) is 0 Å². The zero-order chi connectivity index (χ0) is 28.8. The predicted molar refractivity (Wildman–Crippen MR) is 146 cm³/mol. The number of halogens is 1. The Labute approximate surface area is 233 Å². The second-order valence-electron chi connectivity index (χ2n) is 10.3. The lowest BCUT2D eigenvalue weighted by atomic mass is 10.0. The van der Waals surface area contributed by atoms with E-state index >= 15 is 0 Å². The molecule has 1 aromatic rings. The Balaban J connectivity index is 2.20. The summed E-state index contributed by atoms with van der Waals surface area (Å²) >= 11 is 3.72. The van der Waals surface area contributed by atoms with Gasteiger partial charge in [0.2, 0.25) is 5.91 Å². The van der Waals surface area contributed by atoms with Gasteiger partial charge in [-0.15, -0.1) is 0 Å². The van der Waals surface area contributed by atoms with E-state index in [4.69, 9.17) is 9.47 Å². The Morgan fingerprint density at radius 3 is 2.26 bits per heavy atom. The molecule has 1 aliphatic rings. The highest BCUT2D eigenvalue weighted by molar-refractivity contribution is 9.09. The van der Waals surface area contributed by atoms with Gasteiger partial charge in [0.15, 0.2) is 11.3 Å². The van der Waals surface area contributed by atoms with Crippen molar-refractivity contribution in [3.63, 3.8) is 0 Å². The van der Waals surface area contributed by atoms with E-state index in [2.05, 4.69) is 26.6 Å². The average Bonchev–Trinajstić information content (AvgIpc) is 2.78. The molecule has 2 atom stereocenters. The standard InChI is InChI=1S/C25H32BrN3O8S/c1-24(2,3)36-22(34)19(16(31)12-26)29-20(33)18(21(29)38-13-30)28-17(32)11-14-9-7-8-10-15(14)27-23(35)37-25(4,5)6/h7-10,13,18,21,31H,11-12H2,1-6H3,(H,27,35)(H,28,32)/b19-16+. The molecule has 3 N–H and O–H groups in total. The molecule has 13 heteroatoms. The van der Waals surface area contributed by atoms with Crippen molar-refractivity contribution in [2.75, 3.05) is 10.6 Å². The molecule has 11 nitrogen and oxygen atoms in total. The average molecular weight is 615 g/mol. The molecule has 1 aromatic carbocycles. The summed E-state index contributed by atoms with van der Waals surface area (Å²) in [6.07, 6.45) is -0.888. The highest BCUT2D eigenvalue weighted by Gasteiger charge is 2.53. The van der Waals surface area contributed by atoms with Crippen molar-refractivity contribution in [3.05, 3.63) is 41.3 Å². The van der Waals surface area contributed by atoms with E-state index in [0.29, 0.717) is 28.6 Å². The number of nitrogens with zero attached hydrogens (tertiary/aromatic N) is 1. The summed E-state index contributed by atoms with van der Waals surface area (Å²) in [5.74, 6) is -2.68. The quantitative estimate of drug-likeness (QED) is 0.0946. The number of hydrogen-bond donors (Lipinski definition) is 3. The molecule has 2 rings (SSSR count). The molecule has 0 saturated carbocycles. The van der Waals surface area contributed by atoms with Crippen LogP contribution in [-0.2, 0) is 35.1 Å². The van der Waals surface area contributed by atoms with Crippen LogP contribution in [0.2, 0.25) is 0 Å². The molecule has 0 aromatic heterocycles. The molecule has 0 radical (unpaired) electrons. The van der Waals surface area contributed by atoms with Crippen LogP contribution in [0.4, 0.5) is 10.5 Å². The van der Waals surface area contributed by atoms with Crippen molar-refractivity contribution in [3.8, 4) is 0 Å². The smallest absolute Gasteiger partial charge is 0.412 e. The zero-order valence-corrected chi connectivity index (χ0v) is 24.4. The van der Waals surface area contributed by atoms with E-state index in [-0.39, 0.29) is 11.8 Å². The number of hydrogen-bond acceptors (Lipinski definition) is 9. The number of allylic oxidation sites excluding steroid dienone is 1. The SMILES string of the molecule is CC(C)(C)OC(=O)Nc1ccccc1CC(=O)NC1C(=O)N(/C(C(=O)OC(C)(C)C)=C(/O)CBr)C1SC=O. The van der Waals surface area contributed by atoms with Gasteiger partial charge in [0.1, 0.15) is 28.4 Å². The third-order valence-corrected chi connectivity index (χ3v) is 6.20. The van der Waals surface area contributed by atoms with Gasteiger partial charge in [-0.05, 0) is 53.2 Å². The third-order valence-electron chi connectivity index (χ3n) is 4.79. The summed E-state index contributed by atoms with van der Waals surface area (Å²) in [4.78, 5) is 63.2. The Morgan fingerprint density at radius 2 is 1.71 bits per heavy atom. The summed E-state index contributed by atoms with van der Waals surface area (Å²) in [5, 5.41) is 14.4. The number of β-lactam (4-membered cyclic amide) rings is 1. The van der Waals surface area contributed by atoms with Gasteiger partial charge in [0.25, 0.3) is 5.91 Å². The first-order valence-corrected chi connectivity index (χ1v) is 13.6. The monoisotopic (exact) mass is 613 g/mol. The summed E-state index contributed by atoms with van der Waals surface area (Å²) in [6, 6.07) is 5.46. The maximum absolute atomic E-state index is 13.1. The first-order chi connectivity index (χ1) is 17.6. The normalized spacial score (nSPS) is 18.1. The molecule has 0 bridgehead atoms. The second kappa shape index (κ2) is 12.7. The molecular weight excluding hydrogens is 582 g/mol. The number of amides is 3. The summed E-state index contributed by atoms with van der Waals surface area (Å²) in [5.41, 5.74) is -0.752. The van der Waals surface area contributed by atoms with Crippen molar-refractivity contribution in [1.29, 1.82) is 0 Å². The van der Waals surface area contributed by atoms with Gasteiger partial charge < -0.3 is 19.9 Å². The number of carbonyl (C=O) groups is 5. The lowest BCUT2D eigenvalue weighted by molar-refractivity contribution is -0.159. The van der Waals surface area contributed by atoms with Gasteiger partial charge in [0.05, 0.1) is 11.8 Å². The van der Waals surface area contributed by atoms with Crippen LogP contribution in [0.1, 0.15) is 47.1 Å². The Kier molecular flexibility index (Phi) is 10.4. The first kappa shape index (κ1) is 31.2. The molecule has 3 amide bonds. The number of ether oxygens (including phenoxy) is 2. The maximum Gasteiger partial charge on any atom is 0.412 e. The van der Waals surface area contributed by atoms with Crippen molar-refractivity contribution in [2.24, 2.45) is 0 Å². The fraction of sp³-hybridized carbons (Fsp3) is 0.480. The number of nitrogens with one attached hydrogen (secondary N) is 2. The number of para-hydroxylation sites is 1. The van der Waals surface area contributed by atoms with E-state index < -0.39 is 58.0 Å².